The Bertz CT molecular complexity index is 349. The molecule has 0 N–H and O–H groups in total. The van der Waals surface area contributed by atoms with Crippen LogP contribution in [0.15, 0.2) is 30.3 Å². The molecule has 0 bridgehead atoms. The van der Waals surface area contributed by atoms with Gasteiger partial charge in [-0.2, -0.15) is 0 Å². The Morgan fingerprint density at radius 1 is 1.12 bits per heavy atom. The molecule has 2 nitrogen and oxygen atoms in total. The predicted molar refractivity (Wildman–Crippen MR) is 68.6 cm³/mol. The van der Waals surface area contributed by atoms with Gasteiger partial charge in [0.05, 0.1) is 13.3 Å². The van der Waals surface area contributed by atoms with Gasteiger partial charge in [-0.15, -0.1) is 0 Å². The molecular weight excluding hydrogens is 210 g/mol. The van der Waals surface area contributed by atoms with Crippen LogP contribution in [0.4, 0.5) is 0 Å². The van der Waals surface area contributed by atoms with Crippen molar-refractivity contribution in [3.05, 3.63) is 35.9 Å². The summed E-state index contributed by atoms with van der Waals surface area (Å²) < 4.78 is 5.75. The maximum atomic E-state index is 5.75. The van der Waals surface area contributed by atoms with E-state index >= 15 is 0 Å². The Morgan fingerprint density at radius 3 is 2.82 bits per heavy atom. The Labute approximate surface area is 104 Å². The largest absolute Gasteiger partial charge is 0.366 e. The second-order valence-electron chi connectivity index (χ2n) is 5.34. The quantitative estimate of drug-likeness (QED) is 0.775. The molecule has 1 heterocycles. The van der Waals surface area contributed by atoms with Crippen molar-refractivity contribution in [1.29, 1.82) is 0 Å². The van der Waals surface area contributed by atoms with Crippen molar-refractivity contribution in [2.45, 2.75) is 38.3 Å². The third-order valence-electron chi connectivity index (χ3n) is 4.16. The van der Waals surface area contributed by atoms with Gasteiger partial charge in [0.25, 0.3) is 0 Å². The molecule has 1 saturated heterocycles. The molecule has 1 aliphatic heterocycles. The zero-order valence-corrected chi connectivity index (χ0v) is 10.3. The molecular formula is C15H21NO. The first-order valence-corrected chi connectivity index (χ1v) is 6.79. The highest BCUT2D eigenvalue weighted by Gasteiger charge is 2.33. The molecule has 1 saturated carbocycles. The molecule has 0 aromatic heterocycles. The fourth-order valence-corrected chi connectivity index (χ4v) is 3.26. The van der Waals surface area contributed by atoms with E-state index in [1.807, 2.05) is 0 Å². The van der Waals surface area contributed by atoms with Crippen molar-refractivity contribution >= 4 is 0 Å². The molecule has 0 unspecified atom stereocenters. The van der Waals surface area contributed by atoms with Gasteiger partial charge < -0.3 is 4.74 Å². The van der Waals surface area contributed by atoms with Gasteiger partial charge >= 0.3 is 0 Å². The SMILES string of the molecule is c1ccc(CN2COC[C@H]3CCCC[C@H]32)cc1. The lowest BCUT2D eigenvalue weighted by molar-refractivity contribution is -0.0999. The third-order valence-corrected chi connectivity index (χ3v) is 4.16. The summed E-state index contributed by atoms with van der Waals surface area (Å²) in [5.74, 6) is 0.779. The molecule has 2 fully saturated rings. The van der Waals surface area contributed by atoms with E-state index < -0.39 is 0 Å². The molecule has 1 aromatic carbocycles. The molecule has 0 spiro atoms. The van der Waals surface area contributed by atoms with Gasteiger partial charge in [-0.3, -0.25) is 4.90 Å². The van der Waals surface area contributed by atoms with Crippen molar-refractivity contribution in [2.75, 3.05) is 13.3 Å². The van der Waals surface area contributed by atoms with E-state index in [-0.39, 0.29) is 0 Å². The molecule has 0 radical (unpaired) electrons. The summed E-state index contributed by atoms with van der Waals surface area (Å²) in [4.78, 5) is 2.53. The second kappa shape index (κ2) is 5.19. The zero-order valence-electron chi connectivity index (χ0n) is 10.3. The van der Waals surface area contributed by atoms with Crippen LogP contribution >= 0.6 is 0 Å². The average Bonchev–Trinajstić information content (AvgIpc) is 2.40. The number of fused-ring (bicyclic) bond motifs is 1. The van der Waals surface area contributed by atoms with Crippen LogP contribution in [0.2, 0.25) is 0 Å². The van der Waals surface area contributed by atoms with Gasteiger partial charge in [0.2, 0.25) is 0 Å². The lowest BCUT2D eigenvalue weighted by atomic mass is 9.83. The van der Waals surface area contributed by atoms with Crippen molar-refractivity contribution in [1.82, 2.24) is 4.90 Å². The van der Waals surface area contributed by atoms with E-state index in [2.05, 4.69) is 35.2 Å². The Kier molecular flexibility index (Phi) is 3.44. The van der Waals surface area contributed by atoms with Crippen LogP contribution in [0.5, 0.6) is 0 Å². The van der Waals surface area contributed by atoms with Crippen LogP contribution in [-0.4, -0.2) is 24.3 Å². The maximum Gasteiger partial charge on any atom is 0.0995 e. The molecule has 3 rings (SSSR count). The minimum atomic E-state index is 0.762. The summed E-state index contributed by atoms with van der Waals surface area (Å²) in [5, 5.41) is 0. The number of hydrogen-bond acceptors (Lipinski definition) is 2. The summed E-state index contributed by atoms with van der Waals surface area (Å²) in [6.45, 7) is 2.84. The summed E-state index contributed by atoms with van der Waals surface area (Å²) >= 11 is 0. The van der Waals surface area contributed by atoms with Crippen molar-refractivity contribution < 1.29 is 4.74 Å². The number of nitrogens with zero attached hydrogens (tertiary/aromatic N) is 1. The first-order chi connectivity index (χ1) is 8.43. The summed E-state index contributed by atoms with van der Waals surface area (Å²) in [5.41, 5.74) is 1.40. The Morgan fingerprint density at radius 2 is 1.94 bits per heavy atom. The molecule has 2 heteroatoms. The van der Waals surface area contributed by atoms with E-state index in [0.717, 1.165) is 31.8 Å². The van der Waals surface area contributed by atoms with Crippen LogP contribution in [0.3, 0.4) is 0 Å². The number of rotatable bonds is 2. The fraction of sp³-hybridized carbons (Fsp3) is 0.600. The van der Waals surface area contributed by atoms with Crippen molar-refractivity contribution in [3.63, 3.8) is 0 Å². The summed E-state index contributed by atoms with van der Waals surface area (Å²) in [6.07, 6.45) is 5.51. The van der Waals surface area contributed by atoms with Crippen molar-refractivity contribution in [2.24, 2.45) is 5.92 Å². The maximum absolute atomic E-state index is 5.75. The lowest BCUT2D eigenvalue weighted by Gasteiger charge is -2.43. The third kappa shape index (κ3) is 2.53. The van der Waals surface area contributed by atoms with Gasteiger partial charge in [0, 0.05) is 12.6 Å². The molecule has 1 aliphatic carbocycles. The van der Waals surface area contributed by atoms with Gasteiger partial charge in [-0.05, 0) is 24.3 Å². The fourth-order valence-electron chi connectivity index (χ4n) is 3.26. The molecule has 2 aliphatic rings. The van der Waals surface area contributed by atoms with Crippen LogP contribution in [-0.2, 0) is 11.3 Å². The average molecular weight is 231 g/mol. The van der Waals surface area contributed by atoms with Gasteiger partial charge in [0.1, 0.15) is 0 Å². The molecule has 1 aromatic rings. The van der Waals surface area contributed by atoms with E-state index in [0.29, 0.717) is 0 Å². The highest BCUT2D eigenvalue weighted by atomic mass is 16.5. The molecule has 0 amide bonds. The smallest absolute Gasteiger partial charge is 0.0995 e. The predicted octanol–water partition coefficient (Wildman–Crippen LogP) is 3.04. The van der Waals surface area contributed by atoms with Gasteiger partial charge in [0.15, 0.2) is 0 Å². The van der Waals surface area contributed by atoms with Gasteiger partial charge in [-0.25, -0.2) is 0 Å². The summed E-state index contributed by atoms with van der Waals surface area (Å²) in [6, 6.07) is 11.5. The Hall–Kier alpha value is -0.860. The molecule has 2 atom stereocenters. The highest BCUT2D eigenvalue weighted by Crippen LogP contribution is 2.32. The highest BCUT2D eigenvalue weighted by molar-refractivity contribution is 5.14. The minimum absolute atomic E-state index is 0.762. The number of ether oxygens (including phenoxy) is 1. The van der Waals surface area contributed by atoms with Crippen LogP contribution < -0.4 is 0 Å². The molecule has 17 heavy (non-hydrogen) atoms. The van der Waals surface area contributed by atoms with E-state index in [1.165, 1.54) is 31.2 Å². The van der Waals surface area contributed by atoms with Crippen LogP contribution in [0, 0.1) is 5.92 Å². The normalized spacial score (nSPS) is 29.9. The first kappa shape index (κ1) is 11.2. The van der Waals surface area contributed by atoms with Crippen LogP contribution in [0.25, 0.3) is 0 Å². The zero-order chi connectivity index (χ0) is 11.5. The van der Waals surface area contributed by atoms with Gasteiger partial charge in [-0.1, -0.05) is 43.2 Å². The standard InChI is InChI=1S/C15H21NO/c1-2-6-13(7-3-1)10-16-12-17-11-14-8-4-5-9-15(14)16/h1-3,6-7,14-15H,4-5,8-12H2/t14-,15-/m1/s1. The van der Waals surface area contributed by atoms with E-state index in [1.54, 1.807) is 0 Å². The number of benzene rings is 1. The van der Waals surface area contributed by atoms with E-state index in [4.69, 9.17) is 4.74 Å². The van der Waals surface area contributed by atoms with E-state index in [9.17, 15) is 0 Å². The Balaban J connectivity index is 1.69. The second-order valence-corrected chi connectivity index (χ2v) is 5.34. The minimum Gasteiger partial charge on any atom is -0.366 e. The van der Waals surface area contributed by atoms with Crippen molar-refractivity contribution in [3.8, 4) is 0 Å². The molecule has 92 valence electrons. The topological polar surface area (TPSA) is 12.5 Å². The lowest BCUT2D eigenvalue weighted by Crippen LogP contribution is -2.49. The number of hydrogen-bond donors (Lipinski definition) is 0. The first-order valence-electron chi connectivity index (χ1n) is 6.79. The summed E-state index contributed by atoms with van der Waals surface area (Å²) in [7, 11) is 0. The van der Waals surface area contributed by atoms with Crippen LogP contribution in [0.1, 0.15) is 31.2 Å². The monoisotopic (exact) mass is 231 g/mol.